The zero-order chi connectivity index (χ0) is 15.7. The van der Waals surface area contributed by atoms with E-state index in [2.05, 4.69) is 5.32 Å². The quantitative estimate of drug-likeness (QED) is 0.696. The van der Waals surface area contributed by atoms with Gasteiger partial charge in [0.15, 0.2) is 0 Å². The fourth-order valence-corrected chi connectivity index (χ4v) is 2.42. The van der Waals surface area contributed by atoms with Gasteiger partial charge in [-0.1, -0.05) is 23.7 Å². The van der Waals surface area contributed by atoms with Crippen LogP contribution in [-0.4, -0.2) is 23.4 Å². The van der Waals surface area contributed by atoms with Crippen LogP contribution in [0.4, 0.5) is 4.79 Å². The van der Waals surface area contributed by atoms with Crippen molar-refractivity contribution in [3.63, 3.8) is 0 Å². The molecule has 1 aliphatic heterocycles. The summed E-state index contributed by atoms with van der Waals surface area (Å²) in [4.78, 5) is 24.7. The minimum Gasteiger partial charge on any atom is -0.457 e. The van der Waals surface area contributed by atoms with Crippen LogP contribution in [0.1, 0.15) is 12.7 Å². The summed E-state index contributed by atoms with van der Waals surface area (Å²) in [6.45, 7) is 2.07. The summed E-state index contributed by atoms with van der Waals surface area (Å²) in [5.41, 5.74) is 1.05. The van der Waals surface area contributed by atoms with Crippen molar-refractivity contribution < 1.29 is 14.0 Å². The van der Waals surface area contributed by atoms with Crippen molar-refractivity contribution in [2.45, 2.75) is 6.92 Å². The Labute approximate surface area is 132 Å². The van der Waals surface area contributed by atoms with Gasteiger partial charge in [0, 0.05) is 23.2 Å². The van der Waals surface area contributed by atoms with E-state index < -0.39 is 6.03 Å². The average Bonchev–Trinajstić information content (AvgIpc) is 3.05. The van der Waals surface area contributed by atoms with Gasteiger partial charge in [-0.15, -0.1) is 0 Å². The molecule has 2 heterocycles. The van der Waals surface area contributed by atoms with Crippen LogP contribution >= 0.6 is 11.6 Å². The smallest absolute Gasteiger partial charge is 0.328 e. The number of amides is 3. The van der Waals surface area contributed by atoms with Crippen LogP contribution in [0.5, 0.6) is 0 Å². The lowest BCUT2D eigenvalue weighted by molar-refractivity contribution is -0.122. The number of imide groups is 1. The normalized spacial score (nSPS) is 16.5. The van der Waals surface area contributed by atoms with Crippen LogP contribution < -0.4 is 5.32 Å². The van der Waals surface area contributed by atoms with E-state index in [9.17, 15) is 9.59 Å². The Morgan fingerprint density at radius 3 is 2.77 bits per heavy atom. The van der Waals surface area contributed by atoms with Gasteiger partial charge in [-0.25, -0.2) is 4.79 Å². The van der Waals surface area contributed by atoms with Crippen molar-refractivity contribution in [3.05, 3.63) is 52.9 Å². The molecule has 3 amide bonds. The van der Waals surface area contributed by atoms with E-state index >= 15 is 0 Å². The van der Waals surface area contributed by atoms with Crippen LogP contribution in [0.3, 0.4) is 0 Å². The summed E-state index contributed by atoms with van der Waals surface area (Å²) in [6, 6.07) is 10.4. The first-order valence-corrected chi connectivity index (χ1v) is 7.16. The molecule has 0 aliphatic carbocycles. The molecule has 22 heavy (non-hydrogen) atoms. The number of nitrogens with one attached hydrogen (secondary N) is 1. The number of carbonyl (C=O) groups is 2. The molecule has 0 radical (unpaired) electrons. The Morgan fingerprint density at radius 1 is 1.27 bits per heavy atom. The SMILES string of the molecule is CCN1C(=O)N/C(=C/c2ccc(-c3cccc(Cl)c3)o2)C1=O. The highest BCUT2D eigenvalue weighted by Gasteiger charge is 2.32. The summed E-state index contributed by atoms with van der Waals surface area (Å²) in [6.07, 6.45) is 1.52. The largest absolute Gasteiger partial charge is 0.457 e. The molecular formula is C16H13ClN2O3. The molecule has 3 rings (SSSR count). The number of hydrogen-bond donors (Lipinski definition) is 1. The van der Waals surface area contributed by atoms with Gasteiger partial charge in [-0.3, -0.25) is 9.69 Å². The van der Waals surface area contributed by atoms with Gasteiger partial charge in [-0.05, 0) is 31.2 Å². The highest BCUT2D eigenvalue weighted by molar-refractivity contribution is 6.30. The van der Waals surface area contributed by atoms with Gasteiger partial charge in [0.1, 0.15) is 17.2 Å². The fraction of sp³-hybridized carbons (Fsp3) is 0.125. The van der Waals surface area contributed by atoms with E-state index in [-0.39, 0.29) is 11.6 Å². The zero-order valence-electron chi connectivity index (χ0n) is 11.8. The van der Waals surface area contributed by atoms with Gasteiger partial charge in [0.2, 0.25) is 0 Å². The zero-order valence-corrected chi connectivity index (χ0v) is 12.6. The average molecular weight is 317 g/mol. The lowest BCUT2D eigenvalue weighted by Crippen LogP contribution is -2.30. The van der Waals surface area contributed by atoms with Gasteiger partial charge >= 0.3 is 6.03 Å². The predicted octanol–water partition coefficient (Wildman–Crippen LogP) is 3.51. The molecule has 1 fully saturated rings. The van der Waals surface area contributed by atoms with Crippen LogP contribution in [0.25, 0.3) is 17.4 Å². The van der Waals surface area contributed by atoms with Crippen molar-refractivity contribution in [2.24, 2.45) is 0 Å². The van der Waals surface area contributed by atoms with Gasteiger partial charge in [-0.2, -0.15) is 0 Å². The van der Waals surface area contributed by atoms with Crippen molar-refractivity contribution in [3.8, 4) is 11.3 Å². The number of likely N-dealkylation sites (N-methyl/N-ethyl adjacent to an activating group) is 1. The molecule has 6 heteroatoms. The Kier molecular flexibility index (Phi) is 3.73. The van der Waals surface area contributed by atoms with E-state index in [1.807, 2.05) is 12.1 Å². The number of rotatable bonds is 3. The summed E-state index contributed by atoms with van der Waals surface area (Å²) in [5.74, 6) is 0.767. The third kappa shape index (κ3) is 2.63. The third-order valence-corrected chi connectivity index (χ3v) is 3.54. The minimum atomic E-state index is -0.416. The van der Waals surface area contributed by atoms with Crippen molar-refractivity contribution in [1.82, 2.24) is 10.2 Å². The van der Waals surface area contributed by atoms with Crippen LogP contribution in [0, 0.1) is 0 Å². The summed E-state index contributed by atoms with van der Waals surface area (Å²) in [5, 5.41) is 3.15. The van der Waals surface area contributed by atoms with Gasteiger partial charge in [0.25, 0.3) is 5.91 Å². The second-order valence-corrected chi connectivity index (χ2v) is 5.19. The summed E-state index contributed by atoms with van der Waals surface area (Å²) >= 11 is 5.95. The molecular weight excluding hydrogens is 304 g/mol. The highest BCUT2D eigenvalue weighted by atomic mass is 35.5. The van der Waals surface area contributed by atoms with Crippen LogP contribution in [0.15, 0.2) is 46.5 Å². The first-order valence-electron chi connectivity index (χ1n) is 6.79. The van der Waals surface area contributed by atoms with Crippen molar-refractivity contribution >= 4 is 29.6 Å². The standard InChI is InChI=1S/C16H13ClN2O3/c1-2-19-15(20)13(18-16(19)21)9-12-6-7-14(22-12)10-4-3-5-11(17)8-10/h3-9H,2H2,1H3,(H,18,21)/b13-9+. The molecule has 2 aromatic rings. The van der Waals surface area contributed by atoms with Gasteiger partial charge in [0.05, 0.1) is 0 Å². The minimum absolute atomic E-state index is 0.207. The molecule has 1 N–H and O–H groups in total. The van der Waals surface area contributed by atoms with E-state index in [1.165, 1.54) is 6.08 Å². The van der Waals surface area contributed by atoms with Gasteiger partial charge < -0.3 is 9.73 Å². The molecule has 0 saturated carbocycles. The van der Waals surface area contributed by atoms with Crippen LogP contribution in [0.2, 0.25) is 5.02 Å². The second kappa shape index (κ2) is 5.69. The maximum Gasteiger partial charge on any atom is 0.328 e. The lowest BCUT2D eigenvalue weighted by atomic mass is 10.2. The van der Waals surface area contributed by atoms with Crippen molar-refractivity contribution in [2.75, 3.05) is 6.54 Å². The Morgan fingerprint density at radius 2 is 2.09 bits per heavy atom. The molecule has 0 unspecified atom stereocenters. The fourth-order valence-electron chi connectivity index (χ4n) is 2.23. The first kappa shape index (κ1) is 14.4. The monoisotopic (exact) mass is 316 g/mol. The lowest BCUT2D eigenvalue weighted by Gasteiger charge is -2.05. The number of benzene rings is 1. The highest BCUT2D eigenvalue weighted by Crippen LogP contribution is 2.26. The maximum absolute atomic E-state index is 12.0. The maximum atomic E-state index is 12.0. The van der Waals surface area contributed by atoms with Crippen LogP contribution in [-0.2, 0) is 4.79 Å². The number of hydrogen-bond acceptors (Lipinski definition) is 3. The molecule has 1 aliphatic rings. The Hall–Kier alpha value is -2.53. The number of carbonyl (C=O) groups excluding carboxylic acids is 2. The molecule has 0 spiro atoms. The topological polar surface area (TPSA) is 62.6 Å². The molecule has 0 atom stereocenters. The number of nitrogens with zero attached hydrogens (tertiary/aromatic N) is 1. The predicted molar refractivity (Wildman–Crippen MR) is 83.0 cm³/mol. The van der Waals surface area contributed by atoms with E-state index in [1.54, 1.807) is 31.2 Å². The van der Waals surface area contributed by atoms with Crippen molar-refractivity contribution in [1.29, 1.82) is 0 Å². The molecule has 0 bridgehead atoms. The molecule has 1 aromatic heterocycles. The molecule has 1 aromatic carbocycles. The Balaban J connectivity index is 1.88. The number of urea groups is 1. The van der Waals surface area contributed by atoms with E-state index in [4.69, 9.17) is 16.0 Å². The van der Waals surface area contributed by atoms with E-state index in [0.717, 1.165) is 10.5 Å². The molecule has 5 nitrogen and oxygen atoms in total. The molecule has 1 saturated heterocycles. The number of halogens is 1. The molecule has 112 valence electrons. The number of furan rings is 1. The first-order chi connectivity index (χ1) is 10.6. The summed E-state index contributed by atoms with van der Waals surface area (Å²) < 4.78 is 5.68. The van der Waals surface area contributed by atoms with E-state index in [0.29, 0.717) is 23.1 Å². The Bertz CT molecular complexity index is 779. The summed E-state index contributed by atoms with van der Waals surface area (Å²) in [7, 11) is 0. The second-order valence-electron chi connectivity index (χ2n) is 4.75. The third-order valence-electron chi connectivity index (χ3n) is 3.30.